The molecule has 2 aromatic heterocycles. The molecule has 0 aliphatic rings. The molecule has 17 heavy (non-hydrogen) atoms. The topological polar surface area (TPSA) is 42.7 Å². The van der Waals surface area contributed by atoms with Gasteiger partial charge in [-0.1, -0.05) is 6.08 Å². The highest BCUT2D eigenvalue weighted by atomic mass is 15.2. The number of anilines is 1. The number of aryl methyl sites for hydroxylation is 1. The van der Waals surface area contributed by atoms with Gasteiger partial charge in [-0.2, -0.15) is 0 Å². The van der Waals surface area contributed by atoms with Crippen LogP contribution in [0, 0.1) is 6.92 Å². The fourth-order valence-electron chi connectivity index (χ4n) is 1.62. The van der Waals surface area contributed by atoms with Gasteiger partial charge in [0.2, 0.25) is 5.95 Å². The van der Waals surface area contributed by atoms with E-state index in [1.807, 2.05) is 29.1 Å². The van der Waals surface area contributed by atoms with Crippen LogP contribution < -0.4 is 5.32 Å². The van der Waals surface area contributed by atoms with Crippen molar-refractivity contribution in [1.29, 1.82) is 0 Å². The first-order valence-corrected chi connectivity index (χ1v) is 5.56. The van der Waals surface area contributed by atoms with Gasteiger partial charge in [-0.05, 0) is 24.1 Å². The number of nitrogens with one attached hydrogen (secondary N) is 1. The molecule has 2 aromatic rings. The summed E-state index contributed by atoms with van der Waals surface area (Å²) in [5.41, 5.74) is 2.41. The van der Waals surface area contributed by atoms with Crippen LogP contribution in [0.25, 0.3) is 0 Å². The van der Waals surface area contributed by atoms with Gasteiger partial charge in [-0.25, -0.2) is 4.98 Å². The van der Waals surface area contributed by atoms with Gasteiger partial charge in [-0.3, -0.25) is 4.98 Å². The van der Waals surface area contributed by atoms with Crippen molar-refractivity contribution in [1.82, 2.24) is 14.5 Å². The summed E-state index contributed by atoms with van der Waals surface area (Å²) in [7, 11) is 0. The molecule has 4 heteroatoms. The van der Waals surface area contributed by atoms with Crippen LogP contribution in [0.2, 0.25) is 0 Å². The second-order valence-corrected chi connectivity index (χ2v) is 3.85. The van der Waals surface area contributed by atoms with E-state index in [2.05, 4.69) is 28.8 Å². The molecule has 0 saturated carbocycles. The average molecular weight is 228 g/mol. The van der Waals surface area contributed by atoms with Crippen molar-refractivity contribution in [3.63, 3.8) is 0 Å². The standard InChI is InChI=1S/C13H16N4/c1-3-7-17-8-6-15-13(17)16-10-12-9-14-5-4-11(12)2/h3-6,8-9H,1,7,10H2,2H3,(H,15,16). The van der Waals surface area contributed by atoms with Gasteiger partial charge in [-0.15, -0.1) is 6.58 Å². The number of rotatable bonds is 5. The van der Waals surface area contributed by atoms with Gasteiger partial charge in [0.05, 0.1) is 0 Å². The maximum atomic E-state index is 4.26. The zero-order valence-electron chi connectivity index (χ0n) is 9.93. The molecule has 0 aliphatic heterocycles. The predicted octanol–water partition coefficient (Wildman–Crippen LogP) is 2.38. The Hall–Kier alpha value is -2.10. The highest BCUT2D eigenvalue weighted by Crippen LogP contribution is 2.09. The van der Waals surface area contributed by atoms with Gasteiger partial charge >= 0.3 is 0 Å². The maximum absolute atomic E-state index is 4.26. The van der Waals surface area contributed by atoms with E-state index in [1.165, 1.54) is 11.1 Å². The molecule has 0 spiro atoms. The molecule has 0 bridgehead atoms. The summed E-state index contributed by atoms with van der Waals surface area (Å²) in [5, 5.41) is 3.30. The smallest absolute Gasteiger partial charge is 0.203 e. The summed E-state index contributed by atoms with van der Waals surface area (Å²) in [4.78, 5) is 8.38. The van der Waals surface area contributed by atoms with Crippen molar-refractivity contribution in [2.45, 2.75) is 20.0 Å². The normalized spacial score (nSPS) is 10.2. The summed E-state index contributed by atoms with van der Waals surface area (Å²) >= 11 is 0. The minimum Gasteiger partial charge on any atom is -0.352 e. The zero-order valence-corrected chi connectivity index (χ0v) is 9.93. The summed E-state index contributed by atoms with van der Waals surface area (Å²) < 4.78 is 2.01. The van der Waals surface area contributed by atoms with Gasteiger partial charge in [0.1, 0.15) is 0 Å². The molecule has 0 aliphatic carbocycles. The minimum atomic E-state index is 0.730. The van der Waals surface area contributed by atoms with E-state index < -0.39 is 0 Å². The first-order chi connectivity index (χ1) is 8.31. The predicted molar refractivity (Wildman–Crippen MR) is 68.7 cm³/mol. The lowest BCUT2D eigenvalue weighted by Gasteiger charge is -2.09. The first-order valence-electron chi connectivity index (χ1n) is 5.56. The molecular weight excluding hydrogens is 212 g/mol. The molecule has 1 N–H and O–H groups in total. The number of aromatic nitrogens is 3. The van der Waals surface area contributed by atoms with E-state index in [9.17, 15) is 0 Å². The highest BCUT2D eigenvalue weighted by molar-refractivity contribution is 5.31. The van der Waals surface area contributed by atoms with Crippen molar-refractivity contribution in [3.05, 3.63) is 54.6 Å². The number of allylic oxidation sites excluding steroid dienone is 1. The molecule has 2 rings (SSSR count). The van der Waals surface area contributed by atoms with Gasteiger partial charge in [0.25, 0.3) is 0 Å². The van der Waals surface area contributed by atoms with Gasteiger partial charge < -0.3 is 9.88 Å². The fourth-order valence-corrected chi connectivity index (χ4v) is 1.62. The molecule has 0 atom stereocenters. The Kier molecular flexibility index (Phi) is 3.55. The average Bonchev–Trinajstić information content (AvgIpc) is 2.76. The highest BCUT2D eigenvalue weighted by Gasteiger charge is 2.02. The minimum absolute atomic E-state index is 0.730. The monoisotopic (exact) mass is 228 g/mol. The lowest BCUT2D eigenvalue weighted by molar-refractivity contribution is 0.819. The van der Waals surface area contributed by atoms with Gasteiger partial charge in [0, 0.05) is 37.9 Å². The summed E-state index contributed by atoms with van der Waals surface area (Å²) in [6.07, 6.45) is 9.24. The summed E-state index contributed by atoms with van der Waals surface area (Å²) in [5.74, 6) is 0.855. The first kappa shape index (κ1) is 11.4. The molecule has 88 valence electrons. The second kappa shape index (κ2) is 5.30. The van der Waals surface area contributed by atoms with E-state index in [0.29, 0.717) is 0 Å². The van der Waals surface area contributed by atoms with E-state index in [1.54, 1.807) is 12.4 Å². The second-order valence-electron chi connectivity index (χ2n) is 3.85. The van der Waals surface area contributed by atoms with Crippen molar-refractivity contribution < 1.29 is 0 Å². The van der Waals surface area contributed by atoms with E-state index >= 15 is 0 Å². The molecule has 0 saturated heterocycles. The third-order valence-electron chi connectivity index (χ3n) is 2.63. The van der Waals surface area contributed by atoms with Crippen molar-refractivity contribution in [3.8, 4) is 0 Å². The Morgan fingerprint density at radius 2 is 2.35 bits per heavy atom. The van der Waals surface area contributed by atoms with Crippen LogP contribution in [0.4, 0.5) is 5.95 Å². The maximum Gasteiger partial charge on any atom is 0.203 e. The van der Waals surface area contributed by atoms with Crippen LogP contribution in [-0.4, -0.2) is 14.5 Å². The quantitative estimate of drug-likeness (QED) is 0.799. The van der Waals surface area contributed by atoms with Crippen LogP contribution >= 0.6 is 0 Å². The Bertz CT molecular complexity index is 502. The number of pyridine rings is 1. The van der Waals surface area contributed by atoms with Crippen LogP contribution in [0.15, 0.2) is 43.5 Å². The van der Waals surface area contributed by atoms with E-state index in [-0.39, 0.29) is 0 Å². The zero-order chi connectivity index (χ0) is 12.1. The van der Waals surface area contributed by atoms with Crippen molar-refractivity contribution in [2.24, 2.45) is 0 Å². The van der Waals surface area contributed by atoms with Crippen LogP contribution in [0.1, 0.15) is 11.1 Å². The Labute approximate surface area is 101 Å². The molecule has 4 nitrogen and oxygen atoms in total. The fraction of sp³-hybridized carbons (Fsp3) is 0.231. The Morgan fingerprint density at radius 1 is 1.47 bits per heavy atom. The lowest BCUT2D eigenvalue weighted by atomic mass is 10.2. The SMILES string of the molecule is C=CCn1ccnc1NCc1cnccc1C. The third-order valence-corrected chi connectivity index (χ3v) is 2.63. The van der Waals surface area contributed by atoms with Crippen molar-refractivity contribution >= 4 is 5.95 Å². The lowest BCUT2D eigenvalue weighted by Crippen LogP contribution is -2.07. The number of imidazole rings is 1. The molecule has 0 unspecified atom stereocenters. The Morgan fingerprint density at radius 3 is 3.12 bits per heavy atom. The molecule has 2 heterocycles. The number of hydrogen-bond donors (Lipinski definition) is 1. The van der Waals surface area contributed by atoms with Crippen LogP contribution in [-0.2, 0) is 13.1 Å². The molecule has 0 radical (unpaired) electrons. The number of nitrogens with zero attached hydrogens (tertiary/aromatic N) is 3. The Balaban J connectivity index is 2.05. The molecule has 0 amide bonds. The third kappa shape index (κ3) is 2.72. The molecular formula is C13H16N4. The largest absolute Gasteiger partial charge is 0.352 e. The van der Waals surface area contributed by atoms with E-state index in [0.717, 1.165) is 19.0 Å². The van der Waals surface area contributed by atoms with Crippen molar-refractivity contribution in [2.75, 3.05) is 5.32 Å². The number of hydrogen-bond acceptors (Lipinski definition) is 3. The van der Waals surface area contributed by atoms with Crippen LogP contribution in [0.5, 0.6) is 0 Å². The summed E-state index contributed by atoms with van der Waals surface area (Å²) in [6.45, 7) is 7.29. The van der Waals surface area contributed by atoms with Gasteiger partial charge in [0.15, 0.2) is 0 Å². The van der Waals surface area contributed by atoms with E-state index in [4.69, 9.17) is 0 Å². The molecule has 0 aromatic carbocycles. The summed E-state index contributed by atoms with van der Waals surface area (Å²) in [6, 6.07) is 2.01. The molecule has 0 fully saturated rings. The van der Waals surface area contributed by atoms with Crippen LogP contribution in [0.3, 0.4) is 0 Å².